The fraction of sp³-hybridized carbons (Fsp3) is 0.591. The second kappa shape index (κ2) is 10.1. The molecule has 0 saturated heterocycles. The minimum Gasteiger partial charge on any atom is -0.346 e. The maximum absolute atomic E-state index is 12.4. The number of nitrogens with one attached hydrogen (secondary N) is 1. The third-order valence-corrected chi connectivity index (χ3v) is 6.73. The molecule has 1 atom stereocenters. The van der Waals surface area contributed by atoms with Gasteiger partial charge in [0.15, 0.2) is 11.0 Å². The normalized spacial score (nSPS) is 16.3. The second-order valence-corrected chi connectivity index (χ2v) is 9.11. The molecule has 1 amide bonds. The van der Waals surface area contributed by atoms with Gasteiger partial charge in [0.05, 0.1) is 6.04 Å². The fourth-order valence-electron chi connectivity index (χ4n) is 3.70. The summed E-state index contributed by atoms with van der Waals surface area (Å²) in [6.45, 7) is 3.83. The molecule has 3 rings (SSSR count). The van der Waals surface area contributed by atoms with E-state index in [0.717, 1.165) is 22.7 Å². The Bertz CT molecular complexity index is 753. The van der Waals surface area contributed by atoms with Gasteiger partial charge in [-0.3, -0.25) is 4.79 Å². The molecule has 0 unspecified atom stereocenters. The lowest BCUT2D eigenvalue weighted by Crippen LogP contribution is -2.34. The van der Waals surface area contributed by atoms with Crippen molar-refractivity contribution < 1.29 is 4.79 Å². The molecule has 2 aromatic rings. The minimum absolute atomic E-state index is 0.0420. The molecular formula is C22H32N4OS. The number of aromatic nitrogens is 3. The predicted molar refractivity (Wildman–Crippen MR) is 114 cm³/mol. The molecule has 1 aromatic carbocycles. The van der Waals surface area contributed by atoms with Crippen LogP contribution in [0.3, 0.4) is 0 Å². The van der Waals surface area contributed by atoms with E-state index in [1.807, 2.05) is 39.1 Å². The zero-order chi connectivity index (χ0) is 19.9. The first-order valence-electron chi connectivity index (χ1n) is 10.4. The van der Waals surface area contributed by atoms with Crippen molar-refractivity contribution in [2.75, 3.05) is 5.75 Å². The van der Waals surface area contributed by atoms with Crippen LogP contribution in [0.4, 0.5) is 0 Å². The van der Waals surface area contributed by atoms with E-state index in [1.165, 1.54) is 37.7 Å². The van der Waals surface area contributed by atoms with E-state index in [-0.39, 0.29) is 17.9 Å². The summed E-state index contributed by atoms with van der Waals surface area (Å²) in [6.07, 6.45) is 7.47. The van der Waals surface area contributed by atoms with E-state index < -0.39 is 0 Å². The maximum Gasteiger partial charge on any atom is 0.223 e. The SMILES string of the molecule is CC(C)C(=O)N[C@@H](Cc1ccccc1)c1nnc(SCC2CCCCC2)n1C. The highest BCUT2D eigenvalue weighted by Gasteiger charge is 2.24. The molecule has 1 heterocycles. The highest BCUT2D eigenvalue weighted by molar-refractivity contribution is 7.99. The lowest BCUT2D eigenvalue weighted by Gasteiger charge is -2.21. The van der Waals surface area contributed by atoms with Gasteiger partial charge >= 0.3 is 0 Å². The molecule has 0 bridgehead atoms. The van der Waals surface area contributed by atoms with Gasteiger partial charge in [0.1, 0.15) is 0 Å². The number of hydrogen-bond acceptors (Lipinski definition) is 4. The maximum atomic E-state index is 12.4. The van der Waals surface area contributed by atoms with Gasteiger partial charge in [-0.25, -0.2) is 0 Å². The van der Waals surface area contributed by atoms with Crippen molar-refractivity contribution in [3.05, 3.63) is 41.7 Å². The summed E-state index contributed by atoms with van der Waals surface area (Å²) in [6, 6.07) is 10.1. The van der Waals surface area contributed by atoms with Gasteiger partial charge < -0.3 is 9.88 Å². The van der Waals surface area contributed by atoms with Crippen LogP contribution in [0.15, 0.2) is 35.5 Å². The Kier molecular flexibility index (Phi) is 7.54. The van der Waals surface area contributed by atoms with Gasteiger partial charge in [0, 0.05) is 18.7 Å². The number of benzene rings is 1. The van der Waals surface area contributed by atoms with Crippen molar-refractivity contribution in [1.29, 1.82) is 0 Å². The van der Waals surface area contributed by atoms with Crippen molar-refractivity contribution in [3.8, 4) is 0 Å². The molecule has 1 aromatic heterocycles. The first kappa shape index (κ1) is 20.9. The highest BCUT2D eigenvalue weighted by Crippen LogP contribution is 2.30. The summed E-state index contributed by atoms with van der Waals surface area (Å²) in [5.74, 6) is 2.70. The average molecular weight is 401 g/mol. The van der Waals surface area contributed by atoms with Crippen molar-refractivity contribution in [1.82, 2.24) is 20.1 Å². The van der Waals surface area contributed by atoms with Gasteiger partial charge in [0.25, 0.3) is 0 Å². The predicted octanol–water partition coefficient (Wildman–Crippen LogP) is 4.54. The van der Waals surface area contributed by atoms with Crippen LogP contribution >= 0.6 is 11.8 Å². The molecule has 0 aliphatic heterocycles. The van der Waals surface area contributed by atoms with Crippen molar-refractivity contribution >= 4 is 17.7 Å². The van der Waals surface area contributed by atoms with Gasteiger partial charge in [-0.05, 0) is 30.7 Å². The molecule has 1 saturated carbocycles. The topological polar surface area (TPSA) is 59.8 Å². The standard InChI is InChI=1S/C22H32N4OS/c1-16(2)21(27)23-19(14-17-10-6-4-7-11-17)20-24-25-22(26(20)3)28-15-18-12-8-5-9-13-18/h4,6-7,10-11,16,18-19H,5,8-9,12-15H2,1-3H3,(H,23,27)/t19-/m0/s1. The van der Waals surface area contributed by atoms with Gasteiger partial charge in [-0.1, -0.05) is 75.2 Å². The van der Waals surface area contributed by atoms with Crippen LogP contribution in [0.2, 0.25) is 0 Å². The summed E-state index contributed by atoms with van der Waals surface area (Å²) in [4.78, 5) is 12.4. The Labute approximate surface area is 172 Å². The number of hydrogen-bond donors (Lipinski definition) is 1. The first-order valence-corrected chi connectivity index (χ1v) is 11.4. The Balaban J connectivity index is 1.73. The molecular weight excluding hydrogens is 368 g/mol. The van der Waals surface area contributed by atoms with Crippen molar-refractivity contribution in [2.24, 2.45) is 18.9 Å². The fourth-order valence-corrected chi connectivity index (χ4v) is 4.80. The summed E-state index contributed by atoms with van der Waals surface area (Å²) in [5, 5.41) is 13.0. The van der Waals surface area contributed by atoms with Crippen LogP contribution in [-0.2, 0) is 18.3 Å². The van der Waals surface area contributed by atoms with E-state index >= 15 is 0 Å². The van der Waals surface area contributed by atoms with Crippen molar-refractivity contribution in [3.63, 3.8) is 0 Å². The van der Waals surface area contributed by atoms with Gasteiger partial charge in [-0.2, -0.15) is 0 Å². The number of thioether (sulfide) groups is 1. The van der Waals surface area contributed by atoms with E-state index in [4.69, 9.17) is 0 Å². The van der Waals surface area contributed by atoms with Crippen LogP contribution in [0.5, 0.6) is 0 Å². The van der Waals surface area contributed by atoms with E-state index in [1.54, 1.807) is 11.8 Å². The molecule has 1 fully saturated rings. The molecule has 5 nitrogen and oxygen atoms in total. The highest BCUT2D eigenvalue weighted by atomic mass is 32.2. The number of nitrogens with zero attached hydrogens (tertiary/aromatic N) is 3. The summed E-state index contributed by atoms with van der Waals surface area (Å²) >= 11 is 1.80. The molecule has 0 radical (unpaired) electrons. The molecule has 152 valence electrons. The summed E-state index contributed by atoms with van der Waals surface area (Å²) < 4.78 is 2.06. The van der Waals surface area contributed by atoms with Gasteiger partial charge in [0.2, 0.25) is 5.91 Å². The zero-order valence-corrected chi connectivity index (χ0v) is 18.0. The van der Waals surface area contributed by atoms with Crippen molar-refractivity contribution in [2.45, 2.75) is 63.6 Å². The number of carbonyl (C=O) groups is 1. The molecule has 0 spiro atoms. The van der Waals surface area contributed by atoms with E-state index in [0.29, 0.717) is 6.42 Å². The Morgan fingerprint density at radius 1 is 1.18 bits per heavy atom. The Hall–Kier alpha value is -1.82. The van der Waals surface area contributed by atoms with E-state index in [2.05, 4.69) is 32.2 Å². The molecule has 28 heavy (non-hydrogen) atoms. The lowest BCUT2D eigenvalue weighted by molar-refractivity contribution is -0.124. The van der Waals surface area contributed by atoms with Crippen LogP contribution in [-0.4, -0.2) is 26.4 Å². The van der Waals surface area contributed by atoms with Crippen LogP contribution < -0.4 is 5.32 Å². The number of rotatable bonds is 8. The second-order valence-electron chi connectivity index (χ2n) is 8.12. The average Bonchev–Trinajstić information content (AvgIpc) is 3.07. The smallest absolute Gasteiger partial charge is 0.223 e. The molecule has 6 heteroatoms. The summed E-state index contributed by atoms with van der Waals surface area (Å²) in [5.41, 5.74) is 1.18. The molecule has 1 N–H and O–H groups in total. The third kappa shape index (κ3) is 5.60. The van der Waals surface area contributed by atoms with Gasteiger partial charge in [-0.15, -0.1) is 10.2 Å². The third-order valence-electron chi connectivity index (χ3n) is 5.48. The number of carbonyl (C=O) groups excluding carboxylic acids is 1. The van der Waals surface area contributed by atoms with Crippen LogP contribution in [0.1, 0.15) is 63.4 Å². The first-order chi connectivity index (χ1) is 13.5. The largest absolute Gasteiger partial charge is 0.346 e. The Morgan fingerprint density at radius 2 is 1.89 bits per heavy atom. The summed E-state index contributed by atoms with van der Waals surface area (Å²) in [7, 11) is 2.01. The molecule has 1 aliphatic carbocycles. The Morgan fingerprint density at radius 3 is 2.57 bits per heavy atom. The molecule has 1 aliphatic rings. The lowest BCUT2D eigenvalue weighted by atomic mass is 9.91. The van der Waals surface area contributed by atoms with E-state index in [9.17, 15) is 4.79 Å². The van der Waals surface area contributed by atoms with Crippen LogP contribution in [0.25, 0.3) is 0 Å². The monoisotopic (exact) mass is 400 g/mol. The minimum atomic E-state index is -0.182. The quantitative estimate of drug-likeness (QED) is 0.661. The number of amides is 1. The zero-order valence-electron chi connectivity index (χ0n) is 17.2. The van der Waals surface area contributed by atoms with Crippen LogP contribution in [0, 0.1) is 11.8 Å².